The normalized spacial score (nSPS) is 11.8. The van der Waals surface area contributed by atoms with Crippen molar-refractivity contribution in [2.24, 2.45) is 5.41 Å². The SMILES string of the molecule is [CH2]CC(C)(C)C(=O)OC(C)C. The maximum absolute atomic E-state index is 11.2. The van der Waals surface area contributed by atoms with E-state index in [9.17, 15) is 4.79 Å². The van der Waals surface area contributed by atoms with Crippen LogP contribution in [-0.2, 0) is 9.53 Å². The molecule has 0 spiro atoms. The van der Waals surface area contributed by atoms with E-state index >= 15 is 0 Å². The van der Waals surface area contributed by atoms with E-state index in [4.69, 9.17) is 4.74 Å². The quantitative estimate of drug-likeness (QED) is 0.587. The molecule has 0 amide bonds. The van der Waals surface area contributed by atoms with Crippen molar-refractivity contribution < 1.29 is 9.53 Å². The Morgan fingerprint density at radius 1 is 1.55 bits per heavy atom. The Kier molecular flexibility index (Phi) is 3.56. The molecule has 0 unspecified atom stereocenters. The summed E-state index contributed by atoms with van der Waals surface area (Å²) >= 11 is 0. The molecule has 0 aromatic rings. The molecule has 0 aromatic heterocycles. The summed E-state index contributed by atoms with van der Waals surface area (Å²) in [5.74, 6) is -0.164. The molecule has 0 aliphatic heterocycles. The van der Waals surface area contributed by atoms with Gasteiger partial charge in [-0.25, -0.2) is 0 Å². The Bertz CT molecular complexity index is 136. The van der Waals surface area contributed by atoms with E-state index in [1.807, 2.05) is 27.7 Å². The third-order valence-corrected chi connectivity index (χ3v) is 1.52. The zero-order chi connectivity index (χ0) is 9.07. The number of esters is 1. The van der Waals surface area contributed by atoms with Crippen molar-refractivity contribution in [2.45, 2.75) is 40.2 Å². The van der Waals surface area contributed by atoms with Gasteiger partial charge in [-0.05, 0) is 34.1 Å². The number of carbonyl (C=O) groups is 1. The lowest BCUT2D eigenvalue weighted by Crippen LogP contribution is -2.28. The molecule has 0 aromatic carbocycles. The van der Waals surface area contributed by atoms with Crippen molar-refractivity contribution >= 4 is 5.97 Å². The highest BCUT2D eigenvalue weighted by Gasteiger charge is 2.27. The third-order valence-electron chi connectivity index (χ3n) is 1.52. The molecule has 0 N–H and O–H groups in total. The third kappa shape index (κ3) is 3.40. The van der Waals surface area contributed by atoms with E-state index in [1.165, 1.54) is 0 Å². The molecule has 0 saturated carbocycles. The van der Waals surface area contributed by atoms with E-state index in [2.05, 4.69) is 6.92 Å². The molecule has 0 bridgehead atoms. The van der Waals surface area contributed by atoms with Gasteiger partial charge in [0, 0.05) is 0 Å². The summed E-state index contributed by atoms with van der Waals surface area (Å²) < 4.78 is 5.03. The first-order valence-electron chi connectivity index (χ1n) is 3.90. The molecule has 0 fully saturated rings. The topological polar surface area (TPSA) is 26.3 Å². The zero-order valence-electron chi connectivity index (χ0n) is 7.81. The molecule has 11 heavy (non-hydrogen) atoms. The van der Waals surface area contributed by atoms with E-state index < -0.39 is 5.41 Å². The summed E-state index contributed by atoms with van der Waals surface area (Å²) in [7, 11) is 0. The largest absolute Gasteiger partial charge is 0.463 e. The second-order valence-corrected chi connectivity index (χ2v) is 3.59. The summed E-state index contributed by atoms with van der Waals surface area (Å²) in [4.78, 5) is 11.2. The van der Waals surface area contributed by atoms with Crippen LogP contribution in [0.3, 0.4) is 0 Å². The van der Waals surface area contributed by atoms with Gasteiger partial charge in [0.25, 0.3) is 0 Å². The van der Waals surface area contributed by atoms with Crippen molar-refractivity contribution in [3.63, 3.8) is 0 Å². The molecular weight excluding hydrogens is 140 g/mol. The van der Waals surface area contributed by atoms with Crippen LogP contribution in [0.1, 0.15) is 34.1 Å². The highest BCUT2D eigenvalue weighted by atomic mass is 16.5. The minimum Gasteiger partial charge on any atom is -0.463 e. The van der Waals surface area contributed by atoms with Crippen molar-refractivity contribution in [1.82, 2.24) is 0 Å². The van der Waals surface area contributed by atoms with Crippen molar-refractivity contribution in [3.05, 3.63) is 6.92 Å². The molecule has 0 aliphatic carbocycles. The fourth-order valence-electron chi connectivity index (χ4n) is 0.476. The summed E-state index contributed by atoms with van der Waals surface area (Å²) in [6.07, 6.45) is 0.534. The number of hydrogen-bond acceptors (Lipinski definition) is 2. The van der Waals surface area contributed by atoms with Crippen molar-refractivity contribution in [3.8, 4) is 0 Å². The Labute approximate surface area is 68.9 Å². The minimum absolute atomic E-state index is 0.0340. The predicted octanol–water partition coefficient (Wildman–Crippen LogP) is 2.19. The van der Waals surface area contributed by atoms with Crippen LogP contribution >= 0.6 is 0 Å². The van der Waals surface area contributed by atoms with E-state index in [-0.39, 0.29) is 12.1 Å². The van der Waals surface area contributed by atoms with Crippen LogP contribution in [-0.4, -0.2) is 12.1 Å². The van der Waals surface area contributed by atoms with Gasteiger partial charge < -0.3 is 4.74 Å². The monoisotopic (exact) mass is 157 g/mol. The highest BCUT2D eigenvalue weighted by molar-refractivity contribution is 5.76. The molecule has 65 valence electrons. The minimum atomic E-state index is -0.440. The van der Waals surface area contributed by atoms with Crippen LogP contribution < -0.4 is 0 Å². The molecule has 0 saturated heterocycles. The highest BCUT2D eigenvalue weighted by Crippen LogP contribution is 2.21. The molecule has 2 heteroatoms. The van der Waals surface area contributed by atoms with Crippen LogP contribution in [0.25, 0.3) is 0 Å². The zero-order valence-corrected chi connectivity index (χ0v) is 7.81. The van der Waals surface area contributed by atoms with Gasteiger partial charge in [-0.15, -0.1) is 0 Å². The Morgan fingerprint density at radius 3 is 2.27 bits per heavy atom. The lowest BCUT2D eigenvalue weighted by molar-refractivity contribution is -0.157. The second-order valence-electron chi connectivity index (χ2n) is 3.59. The van der Waals surface area contributed by atoms with Crippen molar-refractivity contribution in [2.75, 3.05) is 0 Å². The van der Waals surface area contributed by atoms with E-state index in [1.54, 1.807) is 0 Å². The summed E-state index contributed by atoms with van der Waals surface area (Å²) in [5.41, 5.74) is -0.440. The van der Waals surface area contributed by atoms with Crippen LogP contribution in [0.15, 0.2) is 0 Å². The molecular formula is C9H17O2. The van der Waals surface area contributed by atoms with Crippen LogP contribution in [0, 0.1) is 12.3 Å². The summed E-state index contributed by atoms with van der Waals surface area (Å²) in [5, 5.41) is 0. The van der Waals surface area contributed by atoms with Gasteiger partial charge in [-0.1, -0.05) is 6.92 Å². The average Bonchev–Trinajstić information content (AvgIpc) is 1.86. The number of hydrogen-bond donors (Lipinski definition) is 0. The summed E-state index contributed by atoms with van der Waals surface area (Å²) in [6.45, 7) is 11.0. The van der Waals surface area contributed by atoms with Crippen molar-refractivity contribution in [1.29, 1.82) is 0 Å². The fraction of sp³-hybridized carbons (Fsp3) is 0.778. The van der Waals surface area contributed by atoms with Gasteiger partial charge in [0.2, 0.25) is 0 Å². The smallest absolute Gasteiger partial charge is 0.311 e. The average molecular weight is 157 g/mol. The van der Waals surface area contributed by atoms with Gasteiger partial charge in [-0.3, -0.25) is 4.79 Å². The molecule has 0 rings (SSSR count). The molecule has 0 aliphatic rings. The number of ether oxygens (including phenoxy) is 1. The summed E-state index contributed by atoms with van der Waals surface area (Å²) in [6, 6.07) is 0. The maximum Gasteiger partial charge on any atom is 0.311 e. The number of carbonyl (C=O) groups excluding carboxylic acids is 1. The fourth-order valence-corrected chi connectivity index (χ4v) is 0.476. The Morgan fingerprint density at radius 2 is 2.00 bits per heavy atom. The maximum atomic E-state index is 11.2. The lowest BCUT2D eigenvalue weighted by atomic mass is 9.91. The molecule has 1 radical (unpaired) electrons. The molecule has 0 heterocycles. The van der Waals surface area contributed by atoms with E-state index in [0.29, 0.717) is 6.42 Å². The second kappa shape index (κ2) is 3.74. The molecule has 0 atom stereocenters. The van der Waals surface area contributed by atoms with Crippen LogP contribution in [0.4, 0.5) is 0 Å². The van der Waals surface area contributed by atoms with Crippen LogP contribution in [0.5, 0.6) is 0 Å². The standard InChI is InChI=1S/C9H17O2/c1-6-9(4,5)8(10)11-7(2)3/h7H,1,6H2,2-5H3. The molecule has 2 nitrogen and oxygen atoms in total. The number of rotatable bonds is 3. The lowest BCUT2D eigenvalue weighted by Gasteiger charge is -2.21. The Balaban J connectivity index is 4.02. The predicted molar refractivity (Wildman–Crippen MR) is 45.0 cm³/mol. The van der Waals surface area contributed by atoms with Gasteiger partial charge in [0.15, 0.2) is 0 Å². The van der Waals surface area contributed by atoms with Gasteiger partial charge in [0.1, 0.15) is 0 Å². The Hall–Kier alpha value is -0.530. The van der Waals surface area contributed by atoms with Gasteiger partial charge in [-0.2, -0.15) is 0 Å². The first kappa shape index (κ1) is 10.5. The van der Waals surface area contributed by atoms with Gasteiger partial charge in [0.05, 0.1) is 11.5 Å². The van der Waals surface area contributed by atoms with Gasteiger partial charge >= 0.3 is 5.97 Å². The van der Waals surface area contributed by atoms with Crippen LogP contribution in [0.2, 0.25) is 0 Å². The van der Waals surface area contributed by atoms with E-state index in [0.717, 1.165) is 0 Å². The first-order valence-corrected chi connectivity index (χ1v) is 3.90. The first-order chi connectivity index (χ1) is 4.90.